The molecule has 2 nitrogen and oxygen atoms in total. The van der Waals surface area contributed by atoms with Crippen molar-refractivity contribution < 1.29 is 5.11 Å². The van der Waals surface area contributed by atoms with Gasteiger partial charge in [-0.1, -0.05) is 32.6 Å². The Morgan fingerprint density at radius 3 is 2.53 bits per heavy atom. The van der Waals surface area contributed by atoms with E-state index in [0.717, 1.165) is 12.3 Å². The van der Waals surface area contributed by atoms with Crippen LogP contribution in [0.2, 0.25) is 0 Å². The molecule has 2 fully saturated rings. The first kappa shape index (κ1) is 11.4. The first-order chi connectivity index (χ1) is 7.25. The average molecular weight is 211 g/mol. The minimum Gasteiger partial charge on any atom is -0.392 e. The first-order valence-corrected chi connectivity index (χ1v) is 6.70. The molecular formula is C13H25NO. The Hall–Kier alpha value is -0.0800. The minimum atomic E-state index is -0.0871. The highest BCUT2D eigenvalue weighted by molar-refractivity contribution is 4.85. The second-order valence-corrected chi connectivity index (χ2v) is 5.59. The van der Waals surface area contributed by atoms with E-state index in [1.54, 1.807) is 0 Å². The summed E-state index contributed by atoms with van der Waals surface area (Å²) in [5.74, 6) is 0.872. The van der Waals surface area contributed by atoms with Crippen LogP contribution in [0, 0.1) is 5.92 Å². The number of aliphatic hydroxyl groups excluding tert-OH is 1. The van der Waals surface area contributed by atoms with E-state index in [1.807, 2.05) is 0 Å². The Balaban J connectivity index is 1.79. The summed E-state index contributed by atoms with van der Waals surface area (Å²) in [7, 11) is 0. The highest BCUT2D eigenvalue weighted by atomic mass is 16.3. The van der Waals surface area contributed by atoms with Gasteiger partial charge >= 0.3 is 0 Å². The van der Waals surface area contributed by atoms with Gasteiger partial charge in [0.25, 0.3) is 0 Å². The number of hydrogen-bond donors (Lipinski definition) is 2. The highest BCUT2D eigenvalue weighted by Gasteiger charge is 2.27. The van der Waals surface area contributed by atoms with Crippen molar-refractivity contribution in [2.75, 3.05) is 0 Å². The lowest BCUT2D eigenvalue weighted by Crippen LogP contribution is -2.48. The molecule has 4 atom stereocenters. The third-order valence-electron chi connectivity index (χ3n) is 4.12. The van der Waals surface area contributed by atoms with E-state index in [9.17, 15) is 5.11 Å². The molecule has 0 saturated heterocycles. The Kier molecular flexibility index (Phi) is 4.04. The largest absolute Gasteiger partial charge is 0.392 e. The van der Waals surface area contributed by atoms with Gasteiger partial charge in [0.15, 0.2) is 0 Å². The van der Waals surface area contributed by atoms with Crippen molar-refractivity contribution in [2.45, 2.75) is 76.5 Å². The topological polar surface area (TPSA) is 32.3 Å². The van der Waals surface area contributed by atoms with Gasteiger partial charge in [0, 0.05) is 12.1 Å². The van der Waals surface area contributed by atoms with Gasteiger partial charge in [0.1, 0.15) is 0 Å². The molecule has 0 aromatic carbocycles. The van der Waals surface area contributed by atoms with Crippen LogP contribution in [0.5, 0.6) is 0 Å². The maximum Gasteiger partial charge on any atom is 0.0693 e. The lowest BCUT2D eigenvalue weighted by Gasteiger charge is -2.35. The molecule has 0 unspecified atom stereocenters. The van der Waals surface area contributed by atoms with Crippen molar-refractivity contribution in [3.05, 3.63) is 0 Å². The summed E-state index contributed by atoms with van der Waals surface area (Å²) in [5, 5.41) is 13.6. The van der Waals surface area contributed by atoms with Crippen LogP contribution in [0.4, 0.5) is 0 Å². The summed E-state index contributed by atoms with van der Waals surface area (Å²) in [6.07, 6.45) is 9.96. The molecule has 2 aliphatic rings. The SMILES string of the molecule is C[C@@H]1CCC[C@H](N[C@@H]2CCCC[C@H]2O)C1. The molecule has 2 aliphatic carbocycles. The molecule has 0 heterocycles. The standard InChI is InChI=1S/C13H25NO/c1-10-5-4-6-11(9-10)14-12-7-2-3-8-13(12)15/h10-15H,2-9H2,1H3/t10-,11+,12-,13-/m1/s1. The van der Waals surface area contributed by atoms with Gasteiger partial charge in [-0.15, -0.1) is 0 Å². The minimum absolute atomic E-state index is 0.0871. The van der Waals surface area contributed by atoms with Crippen molar-refractivity contribution in [1.29, 1.82) is 0 Å². The van der Waals surface area contributed by atoms with Crippen molar-refractivity contribution in [2.24, 2.45) is 5.92 Å². The predicted molar refractivity (Wildman–Crippen MR) is 62.8 cm³/mol. The van der Waals surface area contributed by atoms with Gasteiger partial charge in [-0.2, -0.15) is 0 Å². The van der Waals surface area contributed by atoms with E-state index >= 15 is 0 Å². The fourth-order valence-electron chi connectivity index (χ4n) is 3.19. The van der Waals surface area contributed by atoms with Gasteiger partial charge < -0.3 is 10.4 Å². The Labute approximate surface area is 93.5 Å². The highest BCUT2D eigenvalue weighted by Crippen LogP contribution is 2.26. The molecular weight excluding hydrogens is 186 g/mol. The van der Waals surface area contributed by atoms with E-state index < -0.39 is 0 Å². The van der Waals surface area contributed by atoms with Crippen LogP contribution in [-0.4, -0.2) is 23.3 Å². The Morgan fingerprint density at radius 1 is 1.00 bits per heavy atom. The number of rotatable bonds is 2. The molecule has 0 aliphatic heterocycles. The second kappa shape index (κ2) is 5.31. The molecule has 0 bridgehead atoms. The fourth-order valence-corrected chi connectivity index (χ4v) is 3.19. The molecule has 0 aromatic rings. The zero-order valence-corrected chi connectivity index (χ0v) is 9.91. The molecule has 88 valence electrons. The lowest BCUT2D eigenvalue weighted by atomic mass is 9.85. The molecule has 0 amide bonds. The fraction of sp³-hybridized carbons (Fsp3) is 1.00. The first-order valence-electron chi connectivity index (χ1n) is 6.70. The van der Waals surface area contributed by atoms with Crippen molar-refractivity contribution in [1.82, 2.24) is 5.32 Å². The molecule has 2 saturated carbocycles. The van der Waals surface area contributed by atoms with Crippen LogP contribution in [-0.2, 0) is 0 Å². The van der Waals surface area contributed by atoms with Gasteiger partial charge in [-0.25, -0.2) is 0 Å². The van der Waals surface area contributed by atoms with Crippen molar-refractivity contribution >= 4 is 0 Å². The van der Waals surface area contributed by atoms with Gasteiger partial charge in [-0.05, 0) is 31.6 Å². The molecule has 0 radical (unpaired) electrons. The van der Waals surface area contributed by atoms with E-state index in [0.29, 0.717) is 12.1 Å². The summed E-state index contributed by atoms with van der Waals surface area (Å²) in [6.45, 7) is 2.35. The van der Waals surface area contributed by atoms with Crippen LogP contribution in [0.25, 0.3) is 0 Å². The lowest BCUT2D eigenvalue weighted by molar-refractivity contribution is 0.0793. The van der Waals surface area contributed by atoms with Gasteiger partial charge in [-0.3, -0.25) is 0 Å². The van der Waals surface area contributed by atoms with E-state index in [-0.39, 0.29) is 6.10 Å². The zero-order chi connectivity index (χ0) is 10.7. The monoisotopic (exact) mass is 211 g/mol. The van der Waals surface area contributed by atoms with Crippen LogP contribution in [0.1, 0.15) is 58.3 Å². The Bertz CT molecular complexity index is 195. The normalized spacial score (nSPS) is 42.8. The molecule has 2 N–H and O–H groups in total. The second-order valence-electron chi connectivity index (χ2n) is 5.59. The summed E-state index contributed by atoms with van der Waals surface area (Å²) in [5.41, 5.74) is 0. The molecule has 0 spiro atoms. The van der Waals surface area contributed by atoms with Crippen molar-refractivity contribution in [3.8, 4) is 0 Å². The van der Waals surface area contributed by atoms with Crippen LogP contribution in [0.15, 0.2) is 0 Å². The predicted octanol–water partition coefficient (Wildman–Crippen LogP) is 2.46. The smallest absolute Gasteiger partial charge is 0.0693 e. The maximum absolute atomic E-state index is 9.90. The van der Waals surface area contributed by atoms with Crippen LogP contribution < -0.4 is 5.32 Å². The molecule has 2 heteroatoms. The van der Waals surface area contributed by atoms with Gasteiger partial charge in [0.05, 0.1) is 6.10 Å². The number of nitrogens with one attached hydrogen (secondary N) is 1. The Morgan fingerprint density at radius 2 is 1.80 bits per heavy atom. The summed E-state index contributed by atoms with van der Waals surface area (Å²) in [4.78, 5) is 0. The van der Waals surface area contributed by atoms with E-state index in [2.05, 4.69) is 12.2 Å². The summed E-state index contributed by atoms with van der Waals surface area (Å²) in [6, 6.07) is 1.06. The van der Waals surface area contributed by atoms with E-state index in [4.69, 9.17) is 0 Å². The number of aliphatic hydroxyl groups is 1. The third-order valence-corrected chi connectivity index (χ3v) is 4.12. The molecule has 15 heavy (non-hydrogen) atoms. The van der Waals surface area contributed by atoms with Crippen LogP contribution >= 0.6 is 0 Å². The van der Waals surface area contributed by atoms with E-state index in [1.165, 1.54) is 44.9 Å². The number of hydrogen-bond acceptors (Lipinski definition) is 2. The molecule has 2 rings (SSSR count). The zero-order valence-electron chi connectivity index (χ0n) is 9.91. The maximum atomic E-state index is 9.90. The van der Waals surface area contributed by atoms with Gasteiger partial charge in [0.2, 0.25) is 0 Å². The van der Waals surface area contributed by atoms with Crippen LogP contribution in [0.3, 0.4) is 0 Å². The quantitative estimate of drug-likeness (QED) is 0.735. The summed E-state index contributed by atoms with van der Waals surface area (Å²) < 4.78 is 0. The average Bonchev–Trinajstić information content (AvgIpc) is 2.22. The molecule has 0 aromatic heterocycles. The third kappa shape index (κ3) is 3.18. The van der Waals surface area contributed by atoms with Crippen molar-refractivity contribution in [3.63, 3.8) is 0 Å². The summed E-state index contributed by atoms with van der Waals surface area (Å²) >= 11 is 0.